The Morgan fingerprint density at radius 1 is 1.38 bits per heavy atom. The number of imidazole rings is 1. The molecule has 0 amide bonds. The number of nitrogens with zero attached hydrogens (tertiary/aromatic N) is 2. The normalized spacial score (nSPS) is 11.4. The third-order valence-electron chi connectivity index (χ3n) is 2.85. The van der Waals surface area contributed by atoms with Crippen molar-refractivity contribution in [2.24, 2.45) is 0 Å². The number of sulfonamides is 1. The van der Waals surface area contributed by atoms with Crippen LogP contribution in [-0.2, 0) is 23.1 Å². The van der Waals surface area contributed by atoms with Crippen LogP contribution in [0.3, 0.4) is 0 Å². The zero-order valence-corrected chi connectivity index (χ0v) is 12.6. The molecule has 1 aromatic carbocycles. The van der Waals surface area contributed by atoms with Crippen molar-refractivity contribution >= 4 is 21.4 Å². The summed E-state index contributed by atoms with van der Waals surface area (Å²) in [5.41, 5.74) is 0.523. The third-order valence-corrected chi connectivity index (χ3v) is 3.45. The number of hydrogen-bond donors (Lipinski definition) is 2. The summed E-state index contributed by atoms with van der Waals surface area (Å²) < 4.78 is 40.0. The maximum absolute atomic E-state index is 13.6. The summed E-state index contributed by atoms with van der Waals surface area (Å²) in [6.45, 7) is 3.28. The van der Waals surface area contributed by atoms with Crippen molar-refractivity contribution in [3.05, 3.63) is 42.2 Å². The van der Waals surface area contributed by atoms with E-state index in [-0.39, 0.29) is 5.69 Å². The molecule has 0 aliphatic rings. The van der Waals surface area contributed by atoms with Gasteiger partial charge in [0, 0.05) is 24.6 Å². The Kier molecular flexibility index (Phi) is 4.46. The number of aromatic nitrogens is 2. The molecule has 0 atom stereocenters. The number of rotatable bonds is 6. The molecule has 8 heteroatoms. The first-order chi connectivity index (χ1) is 9.89. The molecule has 2 aromatic rings. The van der Waals surface area contributed by atoms with Crippen molar-refractivity contribution in [2.45, 2.75) is 20.0 Å². The molecule has 2 rings (SSSR count). The number of hydrogen-bond acceptors (Lipinski definition) is 4. The topological polar surface area (TPSA) is 76.0 Å². The molecule has 21 heavy (non-hydrogen) atoms. The second-order valence-electron chi connectivity index (χ2n) is 4.55. The van der Waals surface area contributed by atoms with E-state index in [1.165, 1.54) is 12.1 Å². The molecular formula is C13H17FN4O2S. The van der Waals surface area contributed by atoms with Crippen LogP contribution in [0.5, 0.6) is 0 Å². The lowest BCUT2D eigenvalue weighted by molar-refractivity contribution is 0.603. The smallest absolute Gasteiger partial charge is 0.229 e. The molecule has 0 aliphatic carbocycles. The van der Waals surface area contributed by atoms with E-state index in [1.807, 2.05) is 17.7 Å². The summed E-state index contributed by atoms with van der Waals surface area (Å²) in [7, 11) is -3.52. The zero-order chi connectivity index (χ0) is 15.5. The standard InChI is InChI=1S/C13H17FN4O2S/c1-3-18-7-6-15-13(18)9-16-10-4-5-11(14)12(8-10)17-21(2,19)20/h4-8,16-17H,3,9H2,1-2H3. The maximum atomic E-state index is 13.6. The monoisotopic (exact) mass is 312 g/mol. The van der Waals surface area contributed by atoms with E-state index in [9.17, 15) is 12.8 Å². The first-order valence-corrected chi connectivity index (χ1v) is 8.29. The Morgan fingerprint density at radius 2 is 2.14 bits per heavy atom. The van der Waals surface area contributed by atoms with E-state index in [0.29, 0.717) is 12.2 Å². The highest BCUT2D eigenvalue weighted by atomic mass is 32.2. The van der Waals surface area contributed by atoms with Gasteiger partial charge in [-0.05, 0) is 25.1 Å². The molecule has 1 aromatic heterocycles. The summed E-state index contributed by atoms with van der Waals surface area (Å²) in [5, 5.41) is 3.09. The molecule has 0 aliphatic heterocycles. The molecule has 0 bridgehead atoms. The molecule has 114 valence electrons. The zero-order valence-electron chi connectivity index (χ0n) is 11.8. The van der Waals surface area contributed by atoms with Gasteiger partial charge in [-0.2, -0.15) is 0 Å². The molecule has 2 N–H and O–H groups in total. The Balaban J connectivity index is 2.12. The van der Waals surface area contributed by atoms with Gasteiger partial charge in [0.2, 0.25) is 10.0 Å². The summed E-state index contributed by atoms with van der Waals surface area (Å²) in [6, 6.07) is 4.17. The molecule has 0 spiro atoms. The summed E-state index contributed by atoms with van der Waals surface area (Å²) in [5.74, 6) is 0.223. The largest absolute Gasteiger partial charge is 0.378 e. The molecule has 1 heterocycles. The van der Waals surface area contributed by atoms with Crippen molar-refractivity contribution in [2.75, 3.05) is 16.3 Å². The lowest BCUT2D eigenvalue weighted by Crippen LogP contribution is -2.12. The van der Waals surface area contributed by atoms with E-state index in [1.54, 1.807) is 12.3 Å². The Labute approximate surface area is 123 Å². The van der Waals surface area contributed by atoms with Crippen molar-refractivity contribution in [3.8, 4) is 0 Å². The second-order valence-corrected chi connectivity index (χ2v) is 6.30. The minimum absolute atomic E-state index is 0.0821. The lowest BCUT2D eigenvalue weighted by atomic mass is 10.2. The second kappa shape index (κ2) is 6.13. The van der Waals surface area contributed by atoms with Crippen LogP contribution in [0.4, 0.5) is 15.8 Å². The van der Waals surface area contributed by atoms with Crippen LogP contribution < -0.4 is 10.0 Å². The van der Waals surface area contributed by atoms with Crippen LogP contribution in [0.25, 0.3) is 0 Å². The predicted molar refractivity (Wildman–Crippen MR) is 80.1 cm³/mol. The predicted octanol–water partition coefficient (Wildman–Crippen LogP) is 2.03. The quantitative estimate of drug-likeness (QED) is 0.855. The number of nitrogens with one attached hydrogen (secondary N) is 2. The Morgan fingerprint density at radius 3 is 2.81 bits per heavy atom. The molecule has 0 saturated heterocycles. The van der Waals surface area contributed by atoms with Crippen LogP contribution in [0.1, 0.15) is 12.7 Å². The van der Waals surface area contributed by atoms with Crippen molar-refractivity contribution in [1.82, 2.24) is 9.55 Å². The SMILES string of the molecule is CCn1ccnc1CNc1ccc(F)c(NS(C)(=O)=O)c1. The molecule has 0 fully saturated rings. The summed E-state index contributed by atoms with van der Waals surface area (Å²) >= 11 is 0. The van der Waals surface area contributed by atoms with E-state index >= 15 is 0 Å². The highest BCUT2D eigenvalue weighted by Crippen LogP contribution is 2.21. The van der Waals surface area contributed by atoms with Gasteiger partial charge >= 0.3 is 0 Å². The van der Waals surface area contributed by atoms with Gasteiger partial charge in [-0.25, -0.2) is 17.8 Å². The van der Waals surface area contributed by atoms with Gasteiger partial charge in [-0.15, -0.1) is 0 Å². The summed E-state index contributed by atoms with van der Waals surface area (Å²) in [6.07, 6.45) is 4.56. The van der Waals surface area contributed by atoms with Gasteiger partial charge in [0.15, 0.2) is 0 Å². The Hall–Kier alpha value is -2.09. The molecule has 0 saturated carbocycles. The molecule has 0 radical (unpaired) electrons. The van der Waals surface area contributed by atoms with Crippen LogP contribution >= 0.6 is 0 Å². The van der Waals surface area contributed by atoms with Crippen LogP contribution in [0.15, 0.2) is 30.6 Å². The van der Waals surface area contributed by atoms with Crippen molar-refractivity contribution < 1.29 is 12.8 Å². The van der Waals surface area contributed by atoms with Gasteiger partial charge in [-0.1, -0.05) is 0 Å². The van der Waals surface area contributed by atoms with Crippen molar-refractivity contribution in [1.29, 1.82) is 0 Å². The van der Waals surface area contributed by atoms with Gasteiger partial charge < -0.3 is 9.88 Å². The van der Waals surface area contributed by atoms with Crippen molar-refractivity contribution in [3.63, 3.8) is 0 Å². The summed E-state index contributed by atoms with van der Waals surface area (Å²) in [4.78, 5) is 4.22. The fourth-order valence-electron chi connectivity index (χ4n) is 1.89. The highest BCUT2D eigenvalue weighted by Gasteiger charge is 2.09. The number of aryl methyl sites for hydroxylation is 1. The maximum Gasteiger partial charge on any atom is 0.229 e. The van der Waals surface area contributed by atoms with Gasteiger partial charge in [-0.3, -0.25) is 4.72 Å². The van der Waals surface area contributed by atoms with Crippen LogP contribution in [0.2, 0.25) is 0 Å². The fourth-order valence-corrected chi connectivity index (χ4v) is 2.45. The number of benzene rings is 1. The average molecular weight is 312 g/mol. The van der Waals surface area contributed by atoms with E-state index < -0.39 is 15.8 Å². The molecular weight excluding hydrogens is 295 g/mol. The van der Waals surface area contributed by atoms with Gasteiger partial charge in [0.05, 0.1) is 18.5 Å². The first-order valence-electron chi connectivity index (χ1n) is 6.40. The minimum atomic E-state index is -3.52. The Bertz CT molecular complexity index is 728. The fraction of sp³-hybridized carbons (Fsp3) is 0.308. The molecule has 0 unspecified atom stereocenters. The van der Waals surface area contributed by atoms with Gasteiger partial charge in [0.25, 0.3) is 0 Å². The third kappa shape index (κ3) is 4.19. The first kappa shape index (κ1) is 15.3. The average Bonchev–Trinajstić information content (AvgIpc) is 2.85. The highest BCUT2D eigenvalue weighted by molar-refractivity contribution is 7.92. The van der Waals surface area contributed by atoms with Crippen LogP contribution in [0, 0.1) is 5.82 Å². The van der Waals surface area contributed by atoms with Gasteiger partial charge in [0.1, 0.15) is 11.6 Å². The molecule has 6 nitrogen and oxygen atoms in total. The van der Waals surface area contributed by atoms with Crippen LogP contribution in [-0.4, -0.2) is 24.2 Å². The number of anilines is 2. The number of halogens is 1. The van der Waals surface area contributed by atoms with E-state index in [2.05, 4.69) is 15.0 Å². The lowest BCUT2D eigenvalue weighted by Gasteiger charge is -2.11. The van der Waals surface area contributed by atoms with E-state index in [4.69, 9.17) is 0 Å². The van der Waals surface area contributed by atoms with E-state index in [0.717, 1.165) is 18.6 Å². The minimum Gasteiger partial charge on any atom is -0.378 e.